The zero-order chi connectivity index (χ0) is 25.9. The molecule has 0 saturated carbocycles. The molecule has 1 aromatic heterocycles. The number of hydrogen-bond donors (Lipinski definition) is 1. The Balaban J connectivity index is 1.39. The summed E-state index contributed by atoms with van der Waals surface area (Å²) in [4.78, 5) is 29.5. The zero-order valence-corrected chi connectivity index (χ0v) is 21.0. The lowest BCUT2D eigenvalue weighted by atomic mass is 10.1. The Labute approximate surface area is 219 Å². The molecule has 0 fully saturated rings. The second-order valence-corrected chi connectivity index (χ2v) is 9.42. The lowest BCUT2D eigenvalue weighted by Gasteiger charge is -2.24. The van der Waals surface area contributed by atoms with Crippen LogP contribution in [0.3, 0.4) is 0 Å². The molecule has 0 spiro atoms. The van der Waals surface area contributed by atoms with Crippen molar-refractivity contribution in [2.45, 2.75) is 12.7 Å². The van der Waals surface area contributed by atoms with Gasteiger partial charge in [-0.15, -0.1) is 0 Å². The third-order valence-electron chi connectivity index (χ3n) is 5.36. The van der Waals surface area contributed by atoms with Gasteiger partial charge in [-0.25, -0.2) is 4.90 Å². The second-order valence-electron chi connectivity index (χ2n) is 7.75. The molecule has 3 heterocycles. The Morgan fingerprint density at radius 1 is 1.22 bits per heavy atom. The van der Waals surface area contributed by atoms with E-state index in [0.717, 1.165) is 17.5 Å². The van der Waals surface area contributed by atoms with Gasteiger partial charge in [0.15, 0.2) is 5.17 Å². The van der Waals surface area contributed by atoms with Crippen molar-refractivity contribution in [2.24, 2.45) is 9.39 Å². The third-order valence-corrected chi connectivity index (χ3v) is 7.19. The van der Waals surface area contributed by atoms with Crippen molar-refractivity contribution in [3.8, 4) is 17.1 Å². The van der Waals surface area contributed by atoms with E-state index >= 15 is 0 Å². The summed E-state index contributed by atoms with van der Waals surface area (Å²) < 4.78 is 15.6. The fraction of sp³-hybridized carbons (Fsp3) is 0.120. The van der Waals surface area contributed by atoms with Crippen molar-refractivity contribution < 1.29 is 18.9 Å². The largest absolute Gasteiger partial charge is 0.494 e. The number of fused-ring (bicyclic) bond motifs is 1. The van der Waals surface area contributed by atoms with E-state index in [-0.39, 0.29) is 34.2 Å². The van der Waals surface area contributed by atoms with Crippen LogP contribution >= 0.6 is 23.7 Å². The number of nitrogens with one attached hydrogen (secondary N) is 1. The molecule has 2 aliphatic heterocycles. The number of rotatable bonds is 7. The molecule has 0 atom stereocenters. The third kappa shape index (κ3) is 5.06. The highest BCUT2D eigenvalue weighted by Gasteiger charge is 2.37. The fourth-order valence-corrected chi connectivity index (χ4v) is 5.46. The average molecular weight is 534 g/mol. The lowest BCUT2D eigenvalue weighted by molar-refractivity contribution is -0.384. The molecule has 186 valence electrons. The molecule has 3 aromatic rings. The van der Waals surface area contributed by atoms with E-state index in [1.165, 1.54) is 28.8 Å². The van der Waals surface area contributed by atoms with Crippen molar-refractivity contribution in [3.05, 3.63) is 87.7 Å². The van der Waals surface area contributed by atoms with Gasteiger partial charge in [-0.1, -0.05) is 42.1 Å². The van der Waals surface area contributed by atoms with E-state index in [0.29, 0.717) is 28.4 Å². The number of thioether (sulfide) groups is 1. The minimum Gasteiger partial charge on any atom is -0.494 e. The van der Waals surface area contributed by atoms with Crippen LogP contribution in [0.4, 0.5) is 5.69 Å². The van der Waals surface area contributed by atoms with Crippen molar-refractivity contribution >= 4 is 57.6 Å². The summed E-state index contributed by atoms with van der Waals surface area (Å²) in [5.41, 5.74) is 1.24. The van der Waals surface area contributed by atoms with E-state index in [9.17, 15) is 14.9 Å². The maximum absolute atomic E-state index is 12.7. The summed E-state index contributed by atoms with van der Waals surface area (Å²) in [6.45, 7) is 2.17. The average Bonchev–Trinajstić information content (AvgIpc) is 3.53. The van der Waals surface area contributed by atoms with Crippen LogP contribution in [0.25, 0.3) is 17.4 Å². The van der Waals surface area contributed by atoms with Gasteiger partial charge in [0.25, 0.3) is 11.6 Å². The van der Waals surface area contributed by atoms with Gasteiger partial charge in [0, 0.05) is 5.75 Å². The molecule has 0 aliphatic carbocycles. The van der Waals surface area contributed by atoms with Crippen LogP contribution in [-0.4, -0.2) is 38.5 Å². The lowest BCUT2D eigenvalue weighted by Crippen LogP contribution is -2.41. The maximum atomic E-state index is 12.7. The number of nitro groups is 1. The number of benzene rings is 2. The van der Waals surface area contributed by atoms with Gasteiger partial charge >= 0.3 is 0 Å². The van der Waals surface area contributed by atoms with E-state index in [1.807, 2.05) is 30.3 Å². The van der Waals surface area contributed by atoms with Crippen LogP contribution in [-0.2, 0) is 10.5 Å². The number of nitrogens with zero attached hydrogens (tertiary/aromatic N) is 4. The number of nitro benzene ring substituents is 1. The molecule has 0 saturated heterocycles. The summed E-state index contributed by atoms with van der Waals surface area (Å²) in [5, 5.41) is 21.2. The molecule has 0 unspecified atom stereocenters. The van der Waals surface area contributed by atoms with Crippen LogP contribution in [0.15, 0.2) is 80.0 Å². The van der Waals surface area contributed by atoms with E-state index < -0.39 is 10.8 Å². The predicted octanol–water partition coefficient (Wildman–Crippen LogP) is 5.76. The van der Waals surface area contributed by atoms with Crippen LogP contribution in [0.1, 0.15) is 18.2 Å². The van der Waals surface area contributed by atoms with Crippen molar-refractivity contribution in [3.63, 3.8) is 0 Å². The number of carbonyl (C=O) groups excluding carboxylic acids is 1. The molecular formula is C25H19N5O5S2. The van der Waals surface area contributed by atoms with Crippen molar-refractivity contribution in [1.29, 1.82) is 5.41 Å². The topological polar surface area (TPSA) is 134 Å². The monoisotopic (exact) mass is 533 g/mol. The molecule has 0 radical (unpaired) electrons. The van der Waals surface area contributed by atoms with Crippen molar-refractivity contribution in [1.82, 2.24) is 4.90 Å². The quantitative estimate of drug-likeness (QED) is 0.175. The molecule has 1 amide bonds. The first kappa shape index (κ1) is 24.5. The predicted molar refractivity (Wildman–Crippen MR) is 145 cm³/mol. The highest BCUT2D eigenvalue weighted by atomic mass is 32.2. The fourth-order valence-electron chi connectivity index (χ4n) is 3.66. The van der Waals surface area contributed by atoms with E-state index in [1.54, 1.807) is 31.2 Å². The highest BCUT2D eigenvalue weighted by Crippen LogP contribution is 2.36. The van der Waals surface area contributed by atoms with Gasteiger partial charge < -0.3 is 9.15 Å². The number of amides is 1. The first-order valence-electron chi connectivity index (χ1n) is 11.1. The molecule has 10 nitrogen and oxygen atoms in total. The summed E-state index contributed by atoms with van der Waals surface area (Å²) in [7, 11) is 0. The van der Waals surface area contributed by atoms with Gasteiger partial charge in [-0.3, -0.25) is 20.3 Å². The number of furan rings is 1. The summed E-state index contributed by atoms with van der Waals surface area (Å²) in [6, 6.07) is 17.5. The summed E-state index contributed by atoms with van der Waals surface area (Å²) in [5.74, 6) is 0.882. The summed E-state index contributed by atoms with van der Waals surface area (Å²) in [6.07, 6.45) is 1.41. The maximum Gasteiger partial charge on any atom is 0.284 e. The number of carbonyl (C=O) groups is 1. The van der Waals surface area contributed by atoms with E-state index in [4.69, 9.17) is 14.6 Å². The molecule has 12 heteroatoms. The van der Waals surface area contributed by atoms with Gasteiger partial charge in [0.05, 0.1) is 40.7 Å². The molecule has 0 bridgehead atoms. The van der Waals surface area contributed by atoms with Crippen LogP contribution in [0.5, 0.6) is 5.75 Å². The van der Waals surface area contributed by atoms with Crippen molar-refractivity contribution in [2.75, 3.05) is 6.61 Å². The molecular weight excluding hydrogens is 514 g/mol. The number of hydrogen-bond acceptors (Lipinski definition) is 9. The molecule has 37 heavy (non-hydrogen) atoms. The zero-order valence-electron chi connectivity index (χ0n) is 19.4. The normalized spacial score (nSPS) is 16.0. The minimum atomic E-state index is -0.585. The Hall–Kier alpha value is -4.16. The van der Waals surface area contributed by atoms with Gasteiger partial charge in [0.2, 0.25) is 5.17 Å². The number of ether oxygens (including phenoxy) is 1. The standard InChI is InChI=1S/C25H19N5O5S2/c1-2-34-16-8-10-18(20(13-16)30(32)33)21-11-9-17(35-21)12-19-22(26)29-24(27-23(19)31)37-28-25(29)36-14-15-6-4-3-5-7-15/h3-13,26H,2,14H2,1H3/b19-12-,26-22?. The highest BCUT2D eigenvalue weighted by molar-refractivity contribution is 8.18. The van der Waals surface area contributed by atoms with Crippen LogP contribution in [0, 0.1) is 15.5 Å². The minimum absolute atomic E-state index is 0.0290. The first-order valence-corrected chi connectivity index (χ1v) is 12.9. The van der Waals surface area contributed by atoms with Gasteiger partial charge in [-0.05, 0) is 42.8 Å². The molecule has 1 N–H and O–H groups in total. The smallest absolute Gasteiger partial charge is 0.284 e. The van der Waals surface area contributed by atoms with Crippen LogP contribution < -0.4 is 4.74 Å². The SMILES string of the molecule is CCOc1ccc(-c2ccc(/C=C3/C(=N)N4C(SCc5ccccc5)=NSC4=NC3=O)o2)c([N+](=O)[O-])c1. The Bertz CT molecular complexity index is 1500. The molecule has 2 aliphatic rings. The number of amidine groups is 3. The Morgan fingerprint density at radius 2 is 2.03 bits per heavy atom. The Morgan fingerprint density at radius 3 is 2.78 bits per heavy atom. The second kappa shape index (κ2) is 10.4. The van der Waals surface area contributed by atoms with Crippen LogP contribution in [0.2, 0.25) is 0 Å². The first-order chi connectivity index (χ1) is 17.9. The summed E-state index contributed by atoms with van der Waals surface area (Å²) >= 11 is 2.50. The van der Waals surface area contributed by atoms with Gasteiger partial charge in [-0.2, -0.15) is 9.39 Å². The Kier molecular flexibility index (Phi) is 6.93. The van der Waals surface area contributed by atoms with E-state index in [2.05, 4.69) is 9.39 Å². The van der Waals surface area contributed by atoms with Gasteiger partial charge in [0.1, 0.15) is 23.1 Å². The molecule has 2 aromatic carbocycles. The molecule has 5 rings (SSSR count). The number of aliphatic imine (C=N–C) groups is 1.